The highest BCUT2D eigenvalue weighted by molar-refractivity contribution is 5.99. The Bertz CT molecular complexity index is 803. The van der Waals surface area contributed by atoms with Crippen molar-refractivity contribution in [2.24, 2.45) is 0 Å². The molecule has 25 heavy (non-hydrogen) atoms. The smallest absolute Gasteiger partial charge is 0.192 e. The van der Waals surface area contributed by atoms with Crippen molar-refractivity contribution in [2.75, 3.05) is 17.8 Å². The third kappa shape index (κ3) is 2.58. The second-order valence-corrected chi connectivity index (χ2v) is 6.53. The van der Waals surface area contributed by atoms with E-state index in [1.165, 1.54) is 12.1 Å². The van der Waals surface area contributed by atoms with Gasteiger partial charge in [-0.2, -0.15) is 0 Å². The first kappa shape index (κ1) is 16.1. The Morgan fingerprint density at radius 2 is 2.00 bits per heavy atom. The summed E-state index contributed by atoms with van der Waals surface area (Å²) >= 11 is 0. The molecular formula is C19H20FN3O2. The SMILES string of the molecule is Nc1ccc2c(c1)C(C(=O)C1CCCCO1)(c1ccc(F)cc1)NN2. The largest absolute Gasteiger partial charge is 0.399 e. The third-order valence-corrected chi connectivity index (χ3v) is 4.95. The van der Waals surface area contributed by atoms with Crippen molar-refractivity contribution in [3.8, 4) is 0 Å². The van der Waals surface area contributed by atoms with Gasteiger partial charge in [0.1, 0.15) is 17.5 Å². The fourth-order valence-electron chi connectivity index (χ4n) is 3.66. The predicted octanol–water partition coefficient (Wildman–Crippen LogP) is 2.72. The number of Topliss-reactive ketones (excluding diaryl/α,β-unsaturated/α-hetero) is 1. The summed E-state index contributed by atoms with van der Waals surface area (Å²) in [6.45, 7) is 0.577. The zero-order valence-electron chi connectivity index (χ0n) is 13.7. The van der Waals surface area contributed by atoms with Crippen LogP contribution in [0.4, 0.5) is 15.8 Å². The van der Waals surface area contributed by atoms with E-state index in [4.69, 9.17) is 10.5 Å². The fraction of sp³-hybridized carbons (Fsp3) is 0.316. The average Bonchev–Trinajstić information content (AvgIpc) is 3.02. The maximum absolute atomic E-state index is 13.5. The van der Waals surface area contributed by atoms with Gasteiger partial charge in [0, 0.05) is 17.9 Å². The molecule has 2 aliphatic heterocycles. The number of nitrogens with two attached hydrogens (primary N) is 1. The molecule has 0 saturated carbocycles. The number of nitrogen functional groups attached to an aromatic ring is 1. The minimum atomic E-state index is -1.15. The van der Waals surface area contributed by atoms with Gasteiger partial charge in [-0.1, -0.05) is 12.1 Å². The van der Waals surface area contributed by atoms with Crippen LogP contribution < -0.4 is 16.6 Å². The van der Waals surface area contributed by atoms with Crippen molar-refractivity contribution in [1.29, 1.82) is 0 Å². The summed E-state index contributed by atoms with van der Waals surface area (Å²) < 4.78 is 19.2. The van der Waals surface area contributed by atoms with Gasteiger partial charge in [-0.3, -0.25) is 4.79 Å². The summed E-state index contributed by atoms with van der Waals surface area (Å²) in [5.41, 5.74) is 13.8. The van der Waals surface area contributed by atoms with Gasteiger partial charge in [0.25, 0.3) is 0 Å². The van der Waals surface area contributed by atoms with E-state index < -0.39 is 11.6 Å². The molecule has 0 aromatic heterocycles. The number of nitrogens with one attached hydrogen (secondary N) is 2. The standard InChI is InChI=1S/C19H20FN3O2/c20-13-6-4-12(5-7-13)19(18(24)17-3-1-2-10-25-17)15-11-14(21)8-9-16(15)22-23-19/h4-9,11,17,22-23H,1-3,10,21H2. The van der Waals surface area contributed by atoms with Crippen LogP contribution in [0.3, 0.4) is 0 Å². The molecule has 130 valence electrons. The van der Waals surface area contributed by atoms with Gasteiger partial charge in [-0.15, -0.1) is 0 Å². The Hall–Kier alpha value is -2.44. The third-order valence-electron chi connectivity index (χ3n) is 4.95. The highest BCUT2D eigenvalue weighted by Gasteiger charge is 2.50. The second-order valence-electron chi connectivity index (χ2n) is 6.53. The molecule has 0 spiro atoms. The lowest BCUT2D eigenvalue weighted by atomic mass is 9.77. The van der Waals surface area contributed by atoms with E-state index in [0.717, 1.165) is 24.1 Å². The van der Waals surface area contributed by atoms with Gasteiger partial charge in [-0.25, -0.2) is 9.82 Å². The summed E-state index contributed by atoms with van der Waals surface area (Å²) in [6.07, 6.45) is 2.09. The van der Waals surface area contributed by atoms with E-state index in [-0.39, 0.29) is 11.6 Å². The van der Waals surface area contributed by atoms with E-state index >= 15 is 0 Å². The molecule has 0 aliphatic carbocycles. The number of anilines is 2. The Balaban J connectivity index is 1.87. The molecule has 6 heteroatoms. The molecule has 1 fully saturated rings. The molecule has 4 rings (SSSR count). The number of halogens is 1. The lowest BCUT2D eigenvalue weighted by Gasteiger charge is -2.34. The summed E-state index contributed by atoms with van der Waals surface area (Å²) in [5, 5.41) is 0. The first-order valence-electron chi connectivity index (χ1n) is 8.46. The Morgan fingerprint density at radius 3 is 2.72 bits per heavy atom. The fourth-order valence-corrected chi connectivity index (χ4v) is 3.66. The summed E-state index contributed by atoms with van der Waals surface area (Å²) in [7, 11) is 0. The molecule has 5 nitrogen and oxygen atoms in total. The first-order chi connectivity index (χ1) is 12.1. The topological polar surface area (TPSA) is 76.4 Å². The van der Waals surface area contributed by atoms with Crippen LogP contribution in [-0.2, 0) is 15.1 Å². The lowest BCUT2D eigenvalue weighted by molar-refractivity contribution is -0.138. The van der Waals surface area contributed by atoms with Crippen molar-refractivity contribution in [1.82, 2.24) is 5.43 Å². The number of fused-ring (bicyclic) bond motifs is 1. The van der Waals surface area contributed by atoms with Gasteiger partial charge in [0.05, 0.1) is 5.69 Å². The summed E-state index contributed by atoms with van der Waals surface area (Å²) in [6, 6.07) is 11.4. The number of carbonyl (C=O) groups excluding carboxylic acids is 1. The monoisotopic (exact) mass is 341 g/mol. The summed E-state index contributed by atoms with van der Waals surface area (Å²) in [5.74, 6) is -0.435. The van der Waals surface area contributed by atoms with E-state index in [0.29, 0.717) is 24.3 Å². The minimum absolute atomic E-state index is 0.0874. The maximum atomic E-state index is 13.5. The highest BCUT2D eigenvalue weighted by Crippen LogP contribution is 2.42. The number of ketones is 1. The Kier molecular flexibility index (Phi) is 3.94. The van der Waals surface area contributed by atoms with Crippen molar-refractivity contribution in [2.45, 2.75) is 30.9 Å². The van der Waals surface area contributed by atoms with Gasteiger partial charge < -0.3 is 15.9 Å². The predicted molar refractivity (Wildman–Crippen MR) is 93.4 cm³/mol. The number of carbonyl (C=O) groups is 1. The number of hydrogen-bond acceptors (Lipinski definition) is 5. The molecule has 2 heterocycles. The van der Waals surface area contributed by atoms with Crippen LogP contribution in [0.2, 0.25) is 0 Å². The Labute approximate surface area is 145 Å². The number of rotatable bonds is 3. The molecule has 2 aromatic rings. The van der Waals surface area contributed by atoms with Crippen LogP contribution in [-0.4, -0.2) is 18.5 Å². The van der Waals surface area contributed by atoms with Crippen molar-refractivity contribution < 1.29 is 13.9 Å². The molecule has 0 bridgehead atoms. The number of hydrogen-bond donors (Lipinski definition) is 3. The van der Waals surface area contributed by atoms with Gasteiger partial charge >= 0.3 is 0 Å². The quantitative estimate of drug-likeness (QED) is 0.749. The minimum Gasteiger partial charge on any atom is -0.399 e. The molecule has 2 unspecified atom stereocenters. The zero-order chi connectivity index (χ0) is 17.4. The van der Waals surface area contributed by atoms with E-state index in [9.17, 15) is 9.18 Å². The van der Waals surface area contributed by atoms with Gasteiger partial charge in [0.2, 0.25) is 0 Å². The molecule has 0 amide bonds. The number of ether oxygens (including phenoxy) is 1. The molecule has 2 aliphatic rings. The van der Waals surface area contributed by atoms with E-state index in [1.54, 1.807) is 24.3 Å². The summed E-state index contributed by atoms with van der Waals surface area (Å²) in [4.78, 5) is 13.5. The van der Waals surface area contributed by atoms with E-state index in [1.807, 2.05) is 6.07 Å². The Morgan fingerprint density at radius 1 is 1.20 bits per heavy atom. The van der Waals surface area contributed by atoms with Gasteiger partial charge in [-0.05, 0) is 55.2 Å². The first-order valence-corrected chi connectivity index (χ1v) is 8.46. The maximum Gasteiger partial charge on any atom is 0.192 e. The van der Waals surface area contributed by atoms with Crippen molar-refractivity contribution in [3.63, 3.8) is 0 Å². The van der Waals surface area contributed by atoms with Crippen LogP contribution in [0.1, 0.15) is 30.4 Å². The molecule has 2 atom stereocenters. The van der Waals surface area contributed by atoms with E-state index in [2.05, 4.69) is 10.9 Å². The van der Waals surface area contributed by atoms with Crippen molar-refractivity contribution >= 4 is 17.2 Å². The molecule has 4 N–H and O–H groups in total. The number of benzene rings is 2. The van der Waals surface area contributed by atoms with Crippen LogP contribution in [0, 0.1) is 5.82 Å². The molecule has 0 radical (unpaired) electrons. The van der Waals surface area contributed by atoms with Crippen LogP contribution in [0.15, 0.2) is 42.5 Å². The average molecular weight is 341 g/mol. The number of hydrazine groups is 1. The normalized spacial score (nSPS) is 25.2. The van der Waals surface area contributed by atoms with Crippen LogP contribution in [0.25, 0.3) is 0 Å². The molecule has 1 saturated heterocycles. The van der Waals surface area contributed by atoms with Crippen LogP contribution in [0.5, 0.6) is 0 Å². The van der Waals surface area contributed by atoms with Gasteiger partial charge in [0.15, 0.2) is 5.78 Å². The highest BCUT2D eigenvalue weighted by atomic mass is 19.1. The zero-order valence-corrected chi connectivity index (χ0v) is 13.7. The lowest BCUT2D eigenvalue weighted by Crippen LogP contribution is -2.53. The second kappa shape index (κ2) is 6.13. The van der Waals surface area contributed by atoms with Crippen molar-refractivity contribution in [3.05, 3.63) is 59.4 Å². The molecular weight excluding hydrogens is 321 g/mol. The van der Waals surface area contributed by atoms with Crippen LogP contribution >= 0.6 is 0 Å². The molecule has 2 aromatic carbocycles.